The van der Waals surface area contributed by atoms with Crippen molar-refractivity contribution in [3.63, 3.8) is 0 Å². The van der Waals surface area contributed by atoms with E-state index < -0.39 is 5.97 Å². The average Bonchev–Trinajstić information content (AvgIpc) is 2.68. The summed E-state index contributed by atoms with van der Waals surface area (Å²) in [4.78, 5) is 10.0. The van der Waals surface area contributed by atoms with E-state index in [1.165, 1.54) is 103 Å². The van der Waals surface area contributed by atoms with E-state index in [1.54, 1.807) is 0 Å². The van der Waals surface area contributed by atoms with E-state index in [2.05, 4.69) is 20.8 Å². The van der Waals surface area contributed by atoms with Crippen LogP contribution in [-0.4, -0.2) is 22.8 Å². The van der Waals surface area contributed by atoms with Crippen molar-refractivity contribution >= 4 is 5.97 Å². The van der Waals surface area contributed by atoms with Crippen molar-refractivity contribution in [1.82, 2.24) is 0 Å². The fourth-order valence-corrected chi connectivity index (χ4v) is 3.49. The molecule has 176 valence electrons. The van der Waals surface area contributed by atoms with Gasteiger partial charge in [0.15, 0.2) is 0 Å². The molecule has 0 aromatic heterocycles. The first-order chi connectivity index (χ1) is 14.0. The molecule has 3 heteroatoms. The Kier molecular flexibility index (Phi) is 29.0. The molecule has 29 heavy (non-hydrogen) atoms. The summed E-state index contributed by atoms with van der Waals surface area (Å²) in [5.74, 6) is 0.217. The smallest absolute Gasteiger partial charge is 0.303 e. The number of carboxylic acid groups (broad SMARTS) is 1. The molecule has 0 aromatic rings. The number of aliphatic hydroxyl groups is 1. The van der Waals surface area contributed by atoms with Gasteiger partial charge in [-0.2, -0.15) is 0 Å². The van der Waals surface area contributed by atoms with E-state index in [1.807, 2.05) is 0 Å². The molecule has 3 nitrogen and oxygen atoms in total. The third kappa shape index (κ3) is 35.3. The van der Waals surface area contributed by atoms with Gasteiger partial charge in [0.05, 0.1) is 0 Å². The molecule has 0 aliphatic rings. The molecule has 0 bridgehead atoms. The molecule has 0 fully saturated rings. The zero-order valence-corrected chi connectivity index (χ0v) is 20.2. The highest BCUT2D eigenvalue weighted by molar-refractivity contribution is 5.66. The summed E-state index contributed by atoms with van der Waals surface area (Å²) in [6.45, 7) is 7.17. The number of aliphatic hydroxyl groups excluding tert-OH is 1. The molecule has 0 saturated heterocycles. The van der Waals surface area contributed by atoms with Gasteiger partial charge in [0.2, 0.25) is 0 Å². The van der Waals surface area contributed by atoms with Crippen molar-refractivity contribution in [2.45, 2.75) is 149 Å². The number of unbranched alkanes of at least 4 members (excludes halogenated alkanes) is 16. The van der Waals surface area contributed by atoms with Crippen LogP contribution in [-0.2, 0) is 4.79 Å². The summed E-state index contributed by atoms with van der Waals surface area (Å²) in [5, 5.41) is 16.9. The third-order valence-corrected chi connectivity index (χ3v) is 5.43. The Labute approximate surface area is 183 Å². The van der Waals surface area contributed by atoms with Crippen LogP contribution in [0.1, 0.15) is 149 Å². The molecular formula is C26H54O3. The number of carbonyl (C=O) groups is 1. The van der Waals surface area contributed by atoms with E-state index in [-0.39, 0.29) is 0 Å². The van der Waals surface area contributed by atoms with Gasteiger partial charge in [0.25, 0.3) is 0 Å². The lowest BCUT2D eigenvalue weighted by atomic mass is 10.0. The van der Waals surface area contributed by atoms with Gasteiger partial charge < -0.3 is 10.2 Å². The topological polar surface area (TPSA) is 57.5 Å². The van der Waals surface area contributed by atoms with Crippen molar-refractivity contribution in [3.8, 4) is 0 Å². The van der Waals surface area contributed by atoms with Crippen molar-refractivity contribution in [1.29, 1.82) is 0 Å². The van der Waals surface area contributed by atoms with Crippen LogP contribution in [0.3, 0.4) is 0 Å². The maximum absolute atomic E-state index is 10.0. The van der Waals surface area contributed by atoms with Gasteiger partial charge in [-0.25, -0.2) is 0 Å². The monoisotopic (exact) mass is 414 g/mol. The second-order valence-corrected chi connectivity index (χ2v) is 9.06. The molecule has 0 unspecified atom stereocenters. The summed E-state index contributed by atoms with van der Waals surface area (Å²) in [6.07, 6.45) is 25.1. The first-order valence-corrected chi connectivity index (χ1v) is 12.9. The van der Waals surface area contributed by atoms with Gasteiger partial charge in [-0.1, -0.05) is 130 Å². The normalized spacial score (nSPS) is 10.8. The van der Waals surface area contributed by atoms with Gasteiger partial charge in [-0.05, 0) is 18.8 Å². The van der Waals surface area contributed by atoms with Crippen LogP contribution >= 0.6 is 0 Å². The molecule has 0 aliphatic heterocycles. The number of hydrogen-bond donors (Lipinski definition) is 2. The van der Waals surface area contributed by atoms with Crippen LogP contribution in [0.4, 0.5) is 0 Å². The predicted octanol–water partition coefficient (Wildman–Crippen LogP) is 8.53. The lowest BCUT2D eigenvalue weighted by Gasteiger charge is -2.04. The van der Waals surface area contributed by atoms with Crippen LogP contribution in [0.25, 0.3) is 0 Å². The zero-order chi connectivity index (χ0) is 22.0. The van der Waals surface area contributed by atoms with Crippen LogP contribution in [0.15, 0.2) is 0 Å². The van der Waals surface area contributed by atoms with Crippen LogP contribution in [0.2, 0.25) is 0 Å². The average molecular weight is 415 g/mol. The van der Waals surface area contributed by atoms with E-state index in [4.69, 9.17) is 10.2 Å². The lowest BCUT2D eigenvalue weighted by Crippen LogP contribution is -1.93. The Morgan fingerprint density at radius 2 is 1.00 bits per heavy atom. The largest absolute Gasteiger partial charge is 0.481 e. The third-order valence-electron chi connectivity index (χ3n) is 5.43. The molecule has 0 spiro atoms. The fraction of sp³-hybridized carbons (Fsp3) is 0.962. The van der Waals surface area contributed by atoms with Crippen LogP contribution in [0, 0.1) is 5.92 Å². The fourth-order valence-electron chi connectivity index (χ4n) is 3.49. The summed E-state index contributed by atoms with van der Waals surface area (Å²) in [6, 6.07) is 0. The summed E-state index contributed by atoms with van der Waals surface area (Å²) >= 11 is 0. The van der Waals surface area contributed by atoms with Crippen molar-refractivity contribution in [2.75, 3.05) is 6.61 Å². The molecule has 2 N–H and O–H groups in total. The minimum atomic E-state index is -0.670. The number of carboxylic acids is 1. The van der Waals surface area contributed by atoms with Crippen molar-refractivity contribution in [3.05, 3.63) is 0 Å². The van der Waals surface area contributed by atoms with Crippen LogP contribution in [0.5, 0.6) is 0 Å². The second-order valence-electron chi connectivity index (χ2n) is 9.06. The Morgan fingerprint density at radius 1 is 0.621 bits per heavy atom. The molecule has 0 saturated carbocycles. The highest BCUT2D eigenvalue weighted by atomic mass is 16.4. The summed E-state index contributed by atoms with van der Waals surface area (Å²) in [5.41, 5.74) is 0. The Bertz CT molecular complexity index is 302. The van der Waals surface area contributed by atoms with Crippen LogP contribution < -0.4 is 0 Å². The zero-order valence-electron chi connectivity index (χ0n) is 20.2. The quantitative estimate of drug-likeness (QED) is 0.185. The lowest BCUT2D eigenvalue weighted by molar-refractivity contribution is -0.137. The predicted molar refractivity (Wildman–Crippen MR) is 128 cm³/mol. The standard InChI is InChI=1S/C18H38O.C8H16O2/c1-18(2)16-14-12-10-8-6-4-3-5-7-9-11-13-15-17-19;1-2-3-4-5-6-7-8(9)10/h18-19H,3-17H2,1-2H3;2-7H2,1H3,(H,9,10). The minimum Gasteiger partial charge on any atom is -0.481 e. The van der Waals surface area contributed by atoms with E-state index in [9.17, 15) is 4.79 Å². The maximum atomic E-state index is 10.0. The first-order valence-electron chi connectivity index (χ1n) is 12.9. The first kappa shape index (κ1) is 30.6. The van der Waals surface area contributed by atoms with E-state index in [0.29, 0.717) is 13.0 Å². The molecule has 0 radical (unpaired) electrons. The Balaban J connectivity index is 0. The molecule has 0 amide bonds. The molecule has 0 rings (SSSR count). The highest BCUT2D eigenvalue weighted by Crippen LogP contribution is 2.14. The highest BCUT2D eigenvalue weighted by Gasteiger charge is 1.96. The number of rotatable bonds is 21. The van der Waals surface area contributed by atoms with E-state index >= 15 is 0 Å². The maximum Gasteiger partial charge on any atom is 0.303 e. The second kappa shape index (κ2) is 27.4. The molecule has 0 heterocycles. The molecule has 0 atom stereocenters. The summed E-state index contributed by atoms with van der Waals surface area (Å²) < 4.78 is 0. The van der Waals surface area contributed by atoms with Gasteiger partial charge >= 0.3 is 5.97 Å². The molecule has 0 aliphatic carbocycles. The van der Waals surface area contributed by atoms with Gasteiger partial charge in [-0.15, -0.1) is 0 Å². The number of hydrogen-bond acceptors (Lipinski definition) is 2. The van der Waals surface area contributed by atoms with Gasteiger partial charge in [0, 0.05) is 13.0 Å². The van der Waals surface area contributed by atoms with Crippen molar-refractivity contribution in [2.24, 2.45) is 5.92 Å². The van der Waals surface area contributed by atoms with Gasteiger partial charge in [-0.3, -0.25) is 4.79 Å². The van der Waals surface area contributed by atoms with Crippen molar-refractivity contribution < 1.29 is 15.0 Å². The summed E-state index contributed by atoms with van der Waals surface area (Å²) in [7, 11) is 0. The Morgan fingerprint density at radius 3 is 1.38 bits per heavy atom. The molecular weight excluding hydrogens is 360 g/mol. The van der Waals surface area contributed by atoms with E-state index in [0.717, 1.165) is 25.2 Å². The molecule has 0 aromatic carbocycles. The Hall–Kier alpha value is -0.570. The minimum absolute atomic E-state index is 0.337. The SMILES string of the molecule is CC(C)CCCCCCCCCCCCCCCO.CCCCCCCC(=O)O. The van der Waals surface area contributed by atoms with Gasteiger partial charge in [0.1, 0.15) is 0 Å². The number of aliphatic carboxylic acids is 1.